The van der Waals surface area contributed by atoms with Gasteiger partial charge in [-0.1, -0.05) is 124 Å². The number of hydrogen-bond donors (Lipinski definition) is 0. The number of benzene rings is 3. The Morgan fingerprint density at radius 3 is 1.68 bits per heavy atom. The van der Waals surface area contributed by atoms with E-state index < -0.39 is 0 Å². The third kappa shape index (κ3) is 11.2. The molecule has 3 nitrogen and oxygen atoms in total. The molecule has 3 aromatic rings. The highest BCUT2D eigenvalue weighted by Crippen LogP contribution is 2.39. The van der Waals surface area contributed by atoms with Gasteiger partial charge in [-0.05, 0) is 49.6 Å². The smallest absolute Gasteiger partial charge is 0.125 e. The third-order valence-electron chi connectivity index (χ3n) is 7.27. The third-order valence-corrected chi connectivity index (χ3v) is 7.92. The minimum absolute atomic E-state index is 0.732. The van der Waals surface area contributed by atoms with Crippen LogP contribution in [0.15, 0.2) is 66.7 Å². The maximum atomic E-state index is 6.34. The first-order chi connectivity index (χ1) is 19.6. The van der Waals surface area contributed by atoms with E-state index in [2.05, 4.69) is 108 Å². The van der Waals surface area contributed by atoms with Gasteiger partial charge in [-0.2, -0.15) is 0 Å². The minimum atomic E-state index is 0.732. The molecule has 0 aromatic heterocycles. The summed E-state index contributed by atoms with van der Waals surface area (Å²) < 4.78 is 12.7. The Morgan fingerprint density at radius 1 is 0.575 bits per heavy atom. The fourth-order valence-corrected chi connectivity index (χ4v) is 5.27. The molecule has 0 radical (unpaired) electrons. The normalized spacial score (nSPS) is 11.0. The zero-order valence-electron chi connectivity index (χ0n) is 25.1. The van der Waals surface area contributed by atoms with Gasteiger partial charge < -0.3 is 14.4 Å². The number of unbranched alkanes of at least 4 members (excludes halogenated alkanes) is 10. The molecule has 0 amide bonds. The summed E-state index contributed by atoms with van der Waals surface area (Å²) in [6.45, 7) is 8.12. The Hall–Kier alpha value is -2.46. The molecule has 0 aliphatic carbocycles. The van der Waals surface area contributed by atoms with Gasteiger partial charge in [0.25, 0.3) is 0 Å². The van der Waals surface area contributed by atoms with Gasteiger partial charge in [-0.3, -0.25) is 0 Å². The van der Waals surface area contributed by atoms with Crippen molar-refractivity contribution < 1.29 is 9.47 Å². The SMILES string of the molecule is CCCCCCCCOc1cc(OCCCCCCCC)cc(N(c2ccc(C)cc2)c2cccc(CBr)c2)c1. The molecule has 0 bridgehead atoms. The molecular formula is C36H50BrNO2. The summed E-state index contributed by atoms with van der Waals surface area (Å²) in [6, 6.07) is 23.8. The molecule has 0 unspecified atom stereocenters. The summed E-state index contributed by atoms with van der Waals surface area (Å²) in [5.41, 5.74) is 5.78. The molecule has 0 N–H and O–H groups in total. The second-order valence-electron chi connectivity index (χ2n) is 10.9. The van der Waals surface area contributed by atoms with Crippen LogP contribution in [0.5, 0.6) is 11.5 Å². The van der Waals surface area contributed by atoms with E-state index in [1.807, 2.05) is 0 Å². The van der Waals surface area contributed by atoms with Crippen LogP contribution < -0.4 is 14.4 Å². The standard InChI is InChI=1S/C36H50BrNO2/c1-4-6-8-10-12-14-23-39-35-26-34(27-36(28-35)40-24-15-13-11-9-7-5-2)38(32-21-19-30(3)20-22-32)33-18-16-17-31(25-33)29-37/h16-22,25-28H,4-15,23-24,29H2,1-3H3. The second kappa shape index (κ2) is 18.8. The summed E-state index contributed by atoms with van der Waals surface area (Å²) in [7, 11) is 0. The highest BCUT2D eigenvalue weighted by atomic mass is 79.9. The lowest BCUT2D eigenvalue weighted by atomic mass is 10.1. The first kappa shape index (κ1) is 32.1. The molecule has 0 saturated carbocycles. The Labute approximate surface area is 252 Å². The molecule has 40 heavy (non-hydrogen) atoms. The second-order valence-corrected chi connectivity index (χ2v) is 11.4. The zero-order valence-corrected chi connectivity index (χ0v) is 26.7. The highest BCUT2D eigenvalue weighted by Gasteiger charge is 2.16. The first-order valence-corrected chi connectivity index (χ1v) is 16.7. The fourth-order valence-electron chi connectivity index (χ4n) is 4.92. The highest BCUT2D eigenvalue weighted by molar-refractivity contribution is 9.08. The topological polar surface area (TPSA) is 21.7 Å². The van der Waals surface area contributed by atoms with Gasteiger partial charge in [-0.15, -0.1) is 0 Å². The molecule has 0 heterocycles. The Morgan fingerprint density at radius 2 is 1.12 bits per heavy atom. The maximum absolute atomic E-state index is 6.34. The number of aryl methyl sites for hydroxylation is 1. The summed E-state index contributed by atoms with van der Waals surface area (Å²) in [4.78, 5) is 2.31. The van der Waals surface area contributed by atoms with Crippen molar-refractivity contribution >= 4 is 33.0 Å². The van der Waals surface area contributed by atoms with Gasteiger partial charge >= 0.3 is 0 Å². The summed E-state index contributed by atoms with van der Waals surface area (Å²) in [6.07, 6.45) is 15.0. The number of hydrogen-bond acceptors (Lipinski definition) is 3. The predicted octanol–water partition coefficient (Wildman–Crippen LogP) is 11.8. The van der Waals surface area contributed by atoms with Crippen molar-refractivity contribution in [1.29, 1.82) is 0 Å². The summed E-state index contributed by atoms with van der Waals surface area (Å²) in [5, 5.41) is 0.816. The van der Waals surface area contributed by atoms with Crippen LogP contribution in [0.3, 0.4) is 0 Å². The number of ether oxygens (including phenoxy) is 2. The monoisotopic (exact) mass is 607 g/mol. The van der Waals surface area contributed by atoms with Gasteiger partial charge in [0.05, 0.1) is 18.9 Å². The molecule has 0 aliphatic heterocycles. The Kier molecular flexibility index (Phi) is 15.1. The molecule has 0 atom stereocenters. The largest absolute Gasteiger partial charge is 0.493 e. The van der Waals surface area contributed by atoms with Crippen LogP contribution in [0.4, 0.5) is 17.1 Å². The summed E-state index contributed by atoms with van der Waals surface area (Å²) in [5.74, 6) is 1.75. The Bertz CT molecular complexity index is 1060. The maximum Gasteiger partial charge on any atom is 0.125 e. The van der Waals surface area contributed by atoms with Crippen molar-refractivity contribution in [2.45, 2.75) is 103 Å². The number of halogens is 1. The Balaban J connectivity index is 1.83. The van der Waals surface area contributed by atoms with Gasteiger partial charge in [-0.25, -0.2) is 0 Å². The van der Waals surface area contributed by atoms with E-state index in [4.69, 9.17) is 9.47 Å². The van der Waals surface area contributed by atoms with Gasteiger partial charge in [0.1, 0.15) is 11.5 Å². The van der Waals surface area contributed by atoms with Gasteiger partial charge in [0.2, 0.25) is 0 Å². The molecule has 0 fully saturated rings. The zero-order chi connectivity index (χ0) is 28.4. The number of rotatable bonds is 20. The van der Waals surface area contributed by atoms with E-state index in [9.17, 15) is 0 Å². The average Bonchev–Trinajstić information content (AvgIpc) is 2.97. The molecule has 0 spiro atoms. The fraction of sp³-hybridized carbons (Fsp3) is 0.500. The van der Waals surface area contributed by atoms with Crippen LogP contribution in [0.25, 0.3) is 0 Å². The van der Waals surface area contributed by atoms with E-state index in [1.165, 1.54) is 75.3 Å². The lowest BCUT2D eigenvalue weighted by Gasteiger charge is -2.27. The van der Waals surface area contributed by atoms with Crippen LogP contribution >= 0.6 is 15.9 Å². The van der Waals surface area contributed by atoms with Crippen LogP contribution in [-0.2, 0) is 5.33 Å². The van der Waals surface area contributed by atoms with E-state index in [1.54, 1.807) is 0 Å². The van der Waals surface area contributed by atoms with Crippen molar-refractivity contribution in [3.05, 3.63) is 77.9 Å². The van der Waals surface area contributed by atoms with Crippen molar-refractivity contribution in [3.8, 4) is 11.5 Å². The molecule has 0 aliphatic rings. The molecule has 3 rings (SSSR count). The molecule has 0 saturated heterocycles. The number of nitrogens with zero attached hydrogens (tertiary/aromatic N) is 1. The average molecular weight is 609 g/mol. The molecule has 4 heteroatoms. The molecule has 3 aromatic carbocycles. The van der Waals surface area contributed by atoms with Gasteiger partial charge in [0.15, 0.2) is 0 Å². The van der Waals surface area contributed by atoms with Crippen molar-refractivity contribution in [1.82, 2.24) is 0 Å². The lowest BCUT2D eigenvalue weighted by molar-refractivity contribution is 0.290. The molecule has 218 valence electrons. The van der Waals surface area contributed by atoms with Crippen LogP contribution in [0.2, 0.25) is 0 Å². The van der Waals surface area contributed by atoms with Crippen molar-refractivity contribution in [3.63, 3.8) is 0 Å². The van der Waals surface area contributed by atoms with E-state index in [0.717, 1.165) is 59.9 Å². The lowest BCUT2D eigenvalue weighted by Crippen LogP contribution is -2.11. The minimum Gasteiger partial charge on any atom is -0.493 e. The summed E-state index contributed by atoms with van der Waals surface area (Å²) >= 11 is 3.64. The van der Waals surface area contributed by atoms with Crippen LogP contribution in [0, 0.1) is 6.92 Å². The van der Waals surface area contributed by atoms with Crippen LogP contribution in [0.1, 0.15) is 102 Å². The van der Waals surface area contributed by atoms with E-state index in [0.29, 0.717) is 0 Å². The molecular weight excluding hydrogens is 558 g/mol. The first-order valence-electron chi connectivity index (χ1n) is 15.6. The van der Waals surface area contributed by atoms with E-state index in [-0.39, 0.29) is 0 Å². The van der Waals surface area contributed by atoms with Crippen molar-refractivity contribution in [2.75, 3.05) is 18.1 Å². The predicted molar refractivity (Wildman–Crippen MR) is 176 cm³/mol. The number of alkyl halides is 1. The van der Waals surface area contributed by atoms with Gasteiger partial charge in [0, 0.05) is 34.9 Å². The number of anilines is 3. The quantitative estimate of drug-likeness (QED) is 0.0941. The van der Waals surface area contributed by atoms with Crippen molar-refractivity contribution in [2.24, 2.45) is 0 Å². The van der Waals surface area contributed by atoms with Crippen LogP contribution in [-0.4, -0.2) is 13.2 Å². The van der Waals surface area contributed by atoms with E-state index >= 15 is 0 Å².